The zero-order valence-electron chi connectivity index (χ0n) is 17.5. The van der Waals surface area contributed by atoms with Gasteiger partial charge in [-0.15, -0.1) is 0 Å². The van der Waals surface area contributed by atoms with Gasteiger partial charge in [-0.2, -0.15) is 0 Å². The van der Waals surface area contributed by atoms with Gasteiger partial charge in [-0.25, -0.2) is 9.78 Å². The summed E-state index contributed by atoms with van der Waals surface area (Å²) < 4.78 is 6.68. The van der Waals surface area contributed by atoms with Gasteiger partial charge in [-0.1, -0.05) is 25.4 Å². The number of halogens is 1. The topological polar surface area (TPSA) is 135 Å². The maximum Gasteiger partial charge on any atom is 0.329 e. The van der Waals surface area contributed by atoms with Crippen LogP contribution in [0.3, 0.4) is 0 Å². The molecule has 166 valence electrons. The molecule has 3 aromatic rings. The zero-order valence-corrected chi connectivity index (χ0v) is 18.3. The van der Waals surface area contributed by atoms with Gasteiger partial charge in [0, 0.05) is 18.3 Å². The Morgan fingerprint density at radius 2 is 2.03 bits per heavy atom. The lowest BCUT2D eigenvalue weighted by Gasteiger charge is -2.20. The molecule has 3 N–H and O–H groups in total. The number of anilines is 2. The number of fused-ring (bicyclic) bond motifs is 2. The molecule has 32 heavy (non-hydrogen) atoms. The van der Waals surface area contributed by atoms with E-state index in [2.05, 4.69) is 20.6 Å². The van der Waals surface area contributed by atoms with Gasteiger partial charge in [-0.05, 0) is 25.0 Å². The molecule has 10 nitrogen and oxygen atoms in total. The molecule has 3 heterocycles. The minimum absolute atomic E-state index is 0.00551. The fraction of sp³-hybridized carbons (Fsp3) is 0.286. The molecule has 1 aliphatic heterocycles. The van der Waals surface area contributed by atoms with E-state index in [0.717, 1.165) is 0 Å². The third-order valence-electron chi connectivity index (χ3n) is 5.07. The predicted molar refractivity (Wildman–Crippen MR) is 120 cm³/mol. The average Bonchev–Trinajstić information content (AvgIpc) is 2.73. The van der Waals surface area contributed by atoms with Gasteiger partial charge in [0.2, 0.25) is 0 Å². The number of benzene rings is 1. The maximum atomic E-state index is 13.3. The Labute approximate surface area is 186 Å². The molecule has 0 radical (unpaired) electrons. The van der Waals surface area contributed by atoms with Crippen molar-refractivity contribution in [3.8, 4) is 5.75 Å². The smallest absolute Gasteiger partial charge is 0.329 e. The molecule has 2 amide bonds. The van der Waals surface area contributed by atoms with E-state index in [1.54, 1.807) is 6.92 Å². The molecular weight excluding hydrogens is 438 g/mol. The first-order valence-corrected chi connectivity index (χ1v) is 10.3. The normalized spacial score (nSPS) is 13.0. The van der Waals surface area contributed by atoms with Gasteiger partial charge < -0.3 is 15.4 Å². The number of rotatable bonds is 4. The number of ether oxygens (including phenoxy) is 1. The Balaban J connectivity index is 1.85. The molecule has 0 saturated carbocycles. The molecule has 0 saturated heterocycles. The van der Waals surface area contributed by atoms with E-state index < -0.39 is 17.2 Å². The van der Waals surface area contributed by atoms with Crippen molar-refractivity contribution in [2.75, 3.05) is 17.2 Å². The van der Waals surface area contributed by atoms with Gasteiger partial charge >= 0.3 is 5.69 Å². The van der Waals surface area contributed by atoms with Crippen molar-refractivity contribution in [3.05, 3.63) is 55.3 Å². The SMILES string of the molecule is CCn1c(=O)[nH]c(=O)c2c(C(=O)Nc3cc4c(cc3Cl)NC(=O)CO4)cc(C(C)C)nc21. The van der Waals surface area contributed by atoms with Crippen LogP contribution in [0.2, 0.25) is 5.02 Å². The van der Waals surface area contributed by atoms with Gasteiger partial charge in [0.05, 0.1) is 27.3 Å². The highest BCUT2D eigenvalue weighted by Gasteiger charge is 2.23. The van der Waals surface area contributed by atoms with Crippen molar-refractivity contribution >= 4 is 45.8 Å². The zero-order chi connectivity index (χ0) is 23.2. The molecule has 0 unspecified atom stereocenters. The van der Waals surface area contributed by atoms with Crippen LogP contribution in [0.4, 0.5) is 11.4 Å². The molecule has 1 aromatic carbocycles. The van der Waals surface area contributed by atoms with Gasteiger partial charge in [0.25, 0.3) is 17.4 Å². The second kappa shape index (κ2) is 8.12. The summed E-state index contributed by atoms with van der Waals surface area (Å²) in [4.78, 5) is 56.4. The molecule has 0 atom stereocenters. The summed E-state index contributed by atoms with van der Waals surface area (Å²) in [6.45, 7) is 5.64. The number of carbonyl (C=O) groups excluding carboxylic acids is 2. The maximum absolute atomic E-state index is 13.3. The van der Waals surface area contributed by atoms with Crippen LogP contribution in [0.15, 0.2) is 27.8 Å². The number of nitrogens with one attached hydrogen (secondary N) is 3. The molecule has 0 fully saturated rings. The summed E-state index contributed by atoms with van der Waals surface area (Å²) in [5, 5.41) is 5.51. The largest absolute Gasteiger partial charge is 0.482 e. The van der Waals surface area contributed by atoms with E-state index in [9.17, 15) is 19.2 Å². The first kappa shape index (κ1) is 21.6. The number of aromatic amines is 1. The summed E-state index contributed by atoms with van der Waals surface area (Å²) in [5.41, 5.74) is 0.0849. The van der Waals surface area contributed by atoms with E-state index in [0.29, 0.717) is 17.1 Å². The van der Waals surface area contributed by atoms with Gasteiger partial charge in [0.1, 0.15) is 5.75 Å². The molecule has 0 bridgehead atoms. The van der Waals surface area contributed by atoms with Crippen LogP contribution in [0, 0.1) is 0 Å². The number of nitrogens with zero attached hydrogens (tertiary/aromatic N) is 2. The summed E-state index contributed by atoms with van der Waals surface area (Å²) in [7, 11) is 0. The number of carbonyl (C=O) groups is 2. The molecule has 1 aliphatic rings. The Kier molecular flexibility index (Phi) is 5.47. The quantitative estimate of drug-likeness (QED) is 0.550. The fourth-order valence-electron chi connectivity index (χ4n) is 3.45. The lowest BCUT2D eigenvalue weighted by molar-refractivity contribution is -0.118. The van der Waals surface area contributed by atoms with Gasteiger partial charge in [0.15, 0.2) is 12.3 Å². The van der Waals surface area contributed by atoms with Crippen LogP contribution in [-0.4, -0.2) is 33.0 Å². The summed E-state index contributed by atoms with van der Waals surface area (Å²) in [5.74, 6) is -0.622. The van der Waals surface area contributed by atoms with Crippen LogP contribution in [0.25, 0.3) is 11.0 Å². The van der Waals surface area contributed by atoms with Crippen molar-refractivity contribution < 1.29 is 14.3 Å². The summed E-state index contributed by atoms with van der Waals surface area (Å²) in [6, 6.07) is 4.49. The standard InChI is InChI=1S/C21H20ClN5O5/c1-4-27-18-17(20(30)26-21(27)31)10(5-12(24-18)9(2)3)19(29)25-13-7-15-14(6-11(13)22)23-16(28)8-32-15/h5-7,9H,4,8H2,1-3H3,(H,23,28)(H,25,29)(H,26,30,31). The molecule has 0 spiro atoms. The Bertz CT molecular complexity index is 1390. The van der Waals surface area contributed by atoms with E-state index in [4.69, 9.17) is 16.3 Å². The number of hydrogen-bond donors (Lipinski definition) is 3. The van der Waals surface area contributed by atoms with Crippen molar-refractivity contribution in [2.24, 2.45) is 0 Å². The van der Waals surface area contributed by atoms with Crippen LogP contribution in [0.1, 0.15) is 42.7 Å². The number of amides is 2. The highest BCUT2D eigenvalue weighted by molar-refractivity contribution is 6.34. The van der Waals surface area contributed by atoms with Crippen LogP contribution in [0.5, 0.6) is 5.75 Å². The third kappa shape index (κ3) is 3.73. The van der Waals surface area contributed by atoms with E-state index in [-0.39, 0.29) is 52.3 Å². The predicted octanol–water partition coefficient (Wildman–Crippen LogP) is 2.46. The second-order valence-electron chi connectivity index (χ2n) is 7.57. The number of hydrogen-bond acceptors (Lipinski definition) is 6. The van der Waals surface area contributed by atoms with E-state index in [1.807, 2.05) is 13.8 Å². The minimum atomic E-state index is -0.703. The van der Waals surface area contributed by atoms with Crippen molar-refractivity contribution in [1.29, 1.82) is 0 Å². The van der Waals surface area contributed by atoms with Crippen LogP contribution in [-0.2, 0) is 11.3 Å². The number of aryl methyl sites for hydroxylation is 1. The number of pyridine rings is 1. The molecule has 4 rings (SSSR count). The lowest BCUT2D eigenvalue weighted by atomic mass is 10.0. The Morgan fingerprint density at radius 1 is 1.28 bits per heavy atom. The Morgan fingerprint density at radius 3 is 2.72 bits per heavy atom. The monoisotopic (exact) mass is 457 g/mol. The highest BCUT2D eigenvalue weighted by Crippen LogP contribution is 2.36. The first-order valence-electron chi connectivity index (χ1n) is 9.95. The average molecular weight is 458 g/mol. The van der Waals surface area contributed by atoms with Crippen molar-refractivity contribution in [3.63, 3.8) is 0 Å². The summed E-state index contributed by atoms with van der Waals surface area (Å²) in [6.07, 6.45) is 0. The molecule has 11 heteroatoms. The van der Waals surface area contributed by atoms with Crippen molar-refractivity contribution in [2.45, 2.75) is 33.2 Å². The first-order chi connectivity index (χ1) is 15.2. The Hall–Kier alpha value is -3.66. The molecule has 2 aromatic heterocycles. The number of H-pyrrole nitrogens is 1. The second-order valence-corrected chi connectivity index (χ2v) is 7.98. The lowest BCUT2D eigenvalue weighted by Crippen LogP contribution is -2.32. The fourth-order valence-corrected chi connectivity index (χ4v) is 3.66. The minimum Gasteiger partial charge on any atom is -0.482 e. The van der Waals surface area contributed by atoms with Crippen LogP contribution >= 0.6 is 11.6 Å². The van der Waals surface area contributed by atoms with Gasteiger partial charge in [-0.3, -0.25) is 23.9 Å². The highest BCUT2D eigenvalue weighted by atomic mass is 35.5. The van der Waals surface area contributed by atoms with E-state index >= 15 is 0 Å². The van der Waals surface area contributed by atoms with E-state index in [1.165, 1.54) is 22.8 Å². The van der Waals surface area contributed by atoms with Crippen molar-refractivity contribution in [1.82, 2.24) is 14.5 Å². The number of aromatic nitrogens is 3. The van der Waals surface area contributed by atoms with Crippen LogP contribution < -0.4 is 26.6 Å². The third-order valence-corrected chi connectivity index (χ3v) is 5.38. The summed E-state index contributed by atoms with van der Waals surface area (Å²) >= 11 is 6.29. The molecule has 0 aliphatic carbocycles. The molecular formula is C21H20ClN5O5.